The molecule has 0 unspecified atom stereocenters. The third-order valence-corrected chi connectivity index (χ3v) is 5.98. The molecule has 1 heterocycles. The molecule has 0 fully saturated rings. The van der Waals surface area contributed by atoms with Crippen LogP contribution in [-0.2, 0) is 19.6 Å². The number of hydrogen-bond donors (Lipinski definition) is 2. The summed E-state index contributed by atoms with van der Waals surface area (Å²) in [6, 6.07) is 29.4. The van der Waals surface area contributed by atoms with Crippen LogP contribution in [0.2, 0.25) is 0 Å². The number of aromatic amines is 1. The van der Waals surface area contributed by atoms with Crippen LogP contribution in [-0.4, -0.2) is 16.5 Å². The molecular weight excluding hydrogens is 406 g/mol. The number of para-hydroxylation sites is 2. The van der Waals surface area contributed by atoms with Crippen molar-refractivity contribution in [2.75, 3.05) is 6.54 Å². The first kappa shape index (κ1) is 21.2. The van der Waals surface area contributed by atoms with Gasteiger partial charge in [0.15, 0.2) is 0 Å². The van der Waals surface area contributed by atoms with Gasteiger partial charge in [-0.25, -0.2) is 4.98 Å². The van der Waals surface area contributed by atoms with E-state index in [0.29, 0.717) is 6.61 Å². The van der Waals surface area contributed by atoms with E-state index in [4.69, 9.17) is 4.74 Å². The molecule has 0 atom stereocenters. The highest BCUT2D eigenvalue weighted by Gasteiger charge is 2.10. The summed E-state index contributed by atoms with van der Waals surface area (Å²) in [7, 11) is 0. The van der Waals surface area contributed by atoms with Crippen molar-refractivity contribution in [2.45, 2.75) is 32.9 Å². The summed E-state index contributed by atoms with van der Waals surface area (Å²) in [5, 5.41) is 6.10. The van der Waals surface area contributed by atoms with E-state index in [1.165, 1.54) is 27.5 Å². The van der Waals surface area contributed by atoms with Gasteiger partial charge in [-0.1, -0.05) is 72.3 Å². The summed E-state index contributed by atoms with van der Waals surface area (Å²) in [5.41, 5.74) is 5.79. The third kappa shape index (κ3) is 5.07. The van der Waals surface area contributed by atoms with Crippen LogP contribution in [0.3, 0.4) is 0 Å². The van der Waals surface area contributed by atoms with Crippen LogP contribution in [0, 0.1) is 6.92 Å². The number of ether oxygens (including phenoxy) is 1. The van der Waals surface area contributed by atoms with Crippen molar-refractivity contribution in [3.63, 3.8) is 0 Å². The van der Waals surface area contributed by atoms with Crippen molar-refractivity contribution < 1.29 is 4.74 Å². The number of rotatable bonds is 9. The van der Waals surface area contributed by atoms with Gasteiger partial charge in [0.25, 0.3) is 0 Å². The highest BCUT2D eigenvalue weighted by Crippen LogP contribution is 2.29. The van der Waals surface area contributed by atoms with Crippen molar-refractivity contribution in [3.8, 4) is 5.75 Å². The average molecular weight is 436 g/mol. The van der Waals surface area contributed by atoms with Crippen molar-refractivity contribution >= 4 is 21.8 Å². The Morgan fingerprint density at radius 2 is 1.79 bits per heavy atom. The van der Waals surface area contributed by atoms with Crippen LogP contribution in [0.5, 0.6) is 5.75 Å². The molecule has 1 aromatic heterocycles. The molecule has 4 heteroatoms. The number of hydrogen-bond acceptors (Lipinski definition) is 3. The number of benzene rings is 4. The van der Waals surface area contributed by atoms with E-state index in [2.05, 4.69) is 88.9 Å². The Balaban J connectivity index is 1.24. The minimum atomic E-state index is 0.569. The maximum Gasteiger partial charge on any atom is 0.124 e. The molecule has 0 radical (unpaired) electrons. The van der Waals surface area contributed by atoms with Crippen LogP contribution in [0.1, 0.15) is 28.9 Å². The van der Waals surface area contributed by atoms with E-state index in [9.17, 15) is 0 Å². The lowest BCUT2D eigenvalue weighted by Gasteiger charge is -2.15. The van der Waals surface area contributed by atoms with E-state index >= 15 is 0 Å². The van der Waals surface area contributed by atoms with Crippen LogP contribution in [0.25, 0.3) is 21.8 Å². The zero-order chi connectivity index (χ0) is 22.5. The number of imidazole rings is 1. The normalized spacial score (nSPS) is 11.3. The smallest absolute Gasteiger partial charge is 0.124 e. The summed E-state index contributed by atoms with van der Waals surface area (Å²) in [4.78, 5) is 8.09. The van der Waals surface area contributed by atoms with Crippen molar-refractivity contribution in [1.82, 2.24) is 15.3 Å². The number of H-pyrrole nitrogens is 1. The van der Waals surface area contributed by atoms with Gasteiger partial charge in [-0.15, -0.1) is 0 Å². The summed E-state index contributed by atoms with van der Waals surface area (Å²) in [5.74, 6) is 1.99. The average Bonchev–Trinajstić information content (AvgIpc) is 3.26. The van der Waals surface area contributed by atoms with Gasteiger partial charge < -0.3 is 15.0 Å². The summed E-state index contributed by atoms with van der Waals surface area (Å²) < 4.78 is 6.29. The van der Waals surface area contributed by atoms with Gasteiger partial charge in [-0.05, 0) is 54.4 Å². The van der Waals surface area contributed by atoms with Gasteiger partial charge in [-0.3, -0.25) is 0 Å². The fraction of sp³-hybridized carbons (Fsp3) is 0.207. The first-order chi connectivity index (χ1) is 16.3. The number of aryl methyl sites for hydroxylation is 2. The number of fused-ring (bicyclic) bond motifs is 2. The molecule has 4 nitrogen and oxygen atoms in total. The molecule has 0 aliphatic carbocycles. The van der Waals surface area contributed by atoms with Gasteiger partial charge in [0.2, 0.25) is 0 Å². The van der Waals surface area contributed by atoms with Gasteiger partial charge in [-0.2, -0.15) is 0 Å². The van der Waals surface area contributed by atoms with Crippen LogP contribution in [0.15, 0.2) is 84.9 Å². The second-order valence-electron chi connectivity index (χ2n) is 8.52. The Morgan fingerprint density at radius 1 is 0.909 bits per heavy atom. The van der Waals surface area contributed by atoms with Crippen molar-refractivity contribution in [3.05, 3.63) is 107 Å². The quantitative estimate of drug-likeness (QED) is 0.266. The SMILES string of the molecule is Cc1cccc(COc2ccc3ccccc3c2CNCCCc2nc3ccccc3[nH]2)c1. The molecule has 0 aliphatic heterocycles. The van der Waals surface area contributed by atoms with Crippen LogP contribution >= 0.6 is 0 Å². The first-order valence-corrected chi connectivity index (χ1v) is 11.6. The number of aromatic nitrogens is 2. The maximum atomic E-state index is 6.29. The number of nitrogens with zero attached hydrogens (tertiary/aromatic N) is 1. The molecule has 0 aliphatic rings. The monoisotopic (exact) mass is 435 g/mol. The Bertz CT molecular complexity index is 1340. The van der Waals surface area contributed by atoms with Crippen LogP contribution in [0.4, 0.5) is 0 Å². The highest BCUT2D eigenvalue weighted by molar-refractivity contribution is 5.87. The second-order valence-corrected chi connectivity index (χ2v) is 8.52. The van der Waals surface area contributed by atoms with Gasteiger partial charge in [0.1, 0.15) is 18.2 Å². The van der Waals surface area contributed by atoms with E-state index in [1.807, 2.05) is 18.2 Å². The Labute approximate surface area is 194 Å². The predicted octanol–water partition coefficient (Wildman–Crippen LogP) is 6.33. The highest BCUT2D eigenvalue weighted by atomic mass is 16.5. The molecule has 166 valence electrons. The summed E-state index contributed by atoms with van der Waals surface area (Å²) in [6.45, 7) is 4.36. The molecule has 0 bridgehead atoms. The van der Waals surface area contributed by atoms with E-state index in [1.54, 1.807) is 0 Å². The Hall–Kier alpha value is -3.63. The Kier molecular flexibility index (Phi) is 6.36. The lowest BCUT2D eigenvalue weighted by Crippen LogP contribution is -2.16. The molecule has 0 saturated carbocycles. The zero-order valence-corrected chi connectivity index (χ0v) is 19.0. The molecule has 2 N–H and O–H groups in total. The molecule has 33 heavy (non-hydrogen) atoms. The summed E-state index contributed by atoms with van der Waals surface area (Å²) >= 11 is 0. The number of nitrogens with one attached hydrogen (secondary N) is 2. The fourth-order valence-corrected chi connectivity index (χ4v) is 4.31. The lowest BCUT2D eigenvalue weighted by atomic mass is 10.0. The van der Waals surface area contributed by atoms with Crippen molar-refractivity contribution in [1.29, 1.82) is 0 Å². The maximum absolute atomic E-state index is 6.29. The Morgan fingerprint density at radius 3 is 2.70 bits per heavy atom. The largest absolute Gasteiger partial charge is 0.489 e. The minimum absolute atomic E-state index is 0.569. The van der Waals surface area contributed by atoms with Gasteiger partial charge >= 0.3 is 0 Å². The van der Waals surface area contributed by atoms with E-state index < -0.39 is 0 Å². The summed E-state index contributed by atoms with van der Waals surface area (Å²) in [6.07, 6.45) is 1.94. The molecule has 4 aromatic carbocycles. The molecule has 0 spiro atoms. The van der Waals surface area contributed by atoms with E-state index in [-0.39, 0.29) is 0 Å². The fourth-order valence-electron chi connectivity index (χ4n) is 4.31. The second kappa shape index (κ2) is 9.88. The molecule has 0 amide bonds. The minimum Gasteiger partial charge on any atom is -0.489 e. The first-order valence-electron chi connectivity index (χ1n) is 11.6. The van der Waals surface area contributed by atoms with Crippen LogP contribution < -0.4 is 10.1 Å². The topological polar surface area (TPSA) is 49.9 Å². The molecule has 0 saturated heterocycles. The van der Waals surface area contributed by atoms with Gasteiger partial charge in [0, 0.05) is 18.5 Å². The van der Waals surface area contributed by atoms with Crippen molar-refractivity contribution in [2.24, 2.45) is 0 Å². The lowest BCUT2D eigenvalue weighted by molar-refractivity contribution is 0.302. The standard InChI is InChI=1S/C29H29N3O/c1-21-8-6-9-22(18-21)20-33-28-16-15-23-10-2-3-11-24(23)25(28)19-30-17-7-14-29-31-26-12-4-5-13-27(26)32-29/h2-6,8-13,15-16,18,30H,7,14,17,19-20H2,1H3,(H,31,32). The molecule has 5 rings (SSSR count). The predicted molar refractivity (Wildman–Crippen MR) is 136 cm³/mol. The van der Waals surface area contributed by atoms with E-state index in [0.717, 1.165) is 48.5 Å². The zero-order valence-electron chi connectivity index (χ0n) is 19.0. The molecular formula is C29H29N3O. The third-order valence-electron chi connectivity index (χ3n) is 5.98. The molecule has 5 aromatic rings. The van der Waals surface area contributed by atoms with Gasteiger partial charge in [0.05, 0.1) is 11.0 Å².